The molecule has 1 aromatic carbocycles. The second-order valence-corrected chi connectivity index (χ2v) is 9.47. The highest BCUT2D eigenvalue weighted by Gasteiger charge is 2.41. The Kier molecular flexibility index (Phi) is 7.12. The number of carbonyl (C=O) groups is 2. The van der Waals surface area contributed by atoms with E-state index in [0.717, 1.165) is 42.4 Å². The van der Waals surface area contributed by atoms with E-state index in [1.54, 1.807) is 14.0 Å². The molecule has 0 spiro atoms. The molecule has 1 atom stereocenters. The Hall–Kier alpha value is -2.74. The average Bonchev–Trinajstić information content (AvgIpc) is 3.20. The van der Waals surface area contributed by atoms with Gasteiger partial charge in [0.25, 0.3) is 0 Å². The normalized spacial score (nSPS) is 20.9. The van der Waals surface area contributed by atoms with Crippen molar-refractivity contribution in [1.29, 1.82) is 0 Å². The van der Waals surface area contributed by atoms with Crippen LogP contribution in [0, 0.1) is 5.92 Å². The number of ether oxygens (including phenoxy) is 2. The molecule has 0 aromatic heterocycles. The van der Waals surface area contributed by atoms with E-state index in [2.05, 4.69) is 6.92 Å². The molecule has 0 saturated carbocycles. The first-order valence-corrected chi connectivity index (χ1v) is 12.3. The van der Waals surface area contributed by atoms with E-state index >= 15 is 0 Å². The number of esters is 1. The molecule has 3 aliphatic rings. The standard InChI is InChI=1S/C25H31N3O4S/c1-5-32-24(30)22-17(3)26-25-28(23(22)18-7-6-8-20(13-18)31-4)19(15-33-25)14-21(29)27-11-9-16(2)10-12-27/h6-8,13,15-16,23H,5,9-12,14H2,1-4H3/t23-/m0/s1. The van der Waals surface area contributed by atoms with Crippen LogP contribution in [0.4, 0.5) is 0 Å². The summed E-state index contributed by atoms with van der Waals surface area (Å²) < 4.78 is 10.8. The molecule has 8 heteroatoms. The summed E-state index contributed by atoms with van der Waals surface area (Å²) in [6, 6.07) is 7.23. The van der Waals surface area contributed by atoms with Gasteiger partial charge in [-0.3, -0.25) is 4.79 Å². The quantitative estimate of drug-likeness (QED) is 0.572. The van der Waals surface area contributed by atoms with Gasteiger partial charge in [0.15, 0.2) is 5.17 Å². The van der Waals surface area contributed by atoms with Gasteiger partial charge in [-0.05, 0) is 55.7 Å². The Balaban J connectivity index is 1.68. The molecule has 3 heterocycles. The van der Waals surface area contributed by atoms with Crippen LogP contribution in [0.5, 0.6) is 5.75 Å². The van der Waals surface area contributed by atoms with Gasteiger partial charge in [0.05, 0.1) is 37.4 Å². The van der Waals surface area contributed by atoms with Crippen molar-refractivity contribution in [2.75, 3.05) is 26.8 Å². The largest absolute Gasteiger partial charge is 0.497 e. The van der Waals surface area contributed by atoms with E-state index in [1.165, 1.54) is 11.8 Å². The first-order valence-electron chi connectivity index (χ1n) is 11.5. The van der Waals surface area contributed by atoms with Crippen molar-refractivity contribution < 1.29 is 19.1 Å². The number of fused-ring (bicyclic) bond motifs is 1. The molecule has 0 aliphatic carbocycles. The van der Waals surface area contributed by atoms with Crippen LogP contribution in [0.2, 0.25) is 0 Å². The molecule has 1 saturated heterocycles. The second kappa shape index (κ2) is 10.0. The van der Waals surface area contributed by atoms with Crippen molar-refractivity contribution >= 4 is 28.8 Å². The smallest absolute Gasteiger partial charge is 0.338 e. The van der Waals surface area contributed by atoms with Crippen LogP contribution in [0.1, 0.15) is 51.6 Å². The van der Waals surface area contributed by atoms with Crippen LogP contribution >= 0.6 is 11.8 Å². The summed E-state index contributed by atoms with van der Waals surface area (Å²) in [7, 11) is 1.62. The van der Waals surface area contributed by atoms with Crippen molar-refractivity contribution in [3.63, 3.8) is 0 Å². The van der Waals surface area contributed by atoms with Crippen LogP contribution in [0.15, 0.2) is 51.6 Å². The maximum atomic E-state index is 13.1. The number of allylic oxidation sites excluding steroid dienone is 1. The molecule has 176 valence electrons. The number of rotatable bonds is 6. The van der Waals surface area contributed by atoms with Gasteiger partial charge < -0.3 is 19.3 Å². The zero-order chi connectivity index (χ0) is 23.5. The van der Waals surface area contributed by atoms with Gasteiger partial charge in [-0.25, -0.2) is 9.79 Å². The number of carbonyl (C=O) groups excluding carboxylic acids is 2. The number of hydrogen-bond donors (Lipinski definition) is 0. The number of amides is 1. The lowest BCUT2D eigenvalue weighted by Crippen LogP contribution is -2.41. The molecule has 33 heavy (non-hydrogen) atoms. The number of methoxy groups -OCH3 is 1. The van der Waals surface area contributed by atoms with Crippen molar-refractivity contribution in [3.05, 3.63) is 52.2 Å². The van der Waals surface area contributed by atoms with E-state index in [1.807, 2.05) is 46.4 Å². The fraction of sp³-hybridized carbons (Fsp3) is 0.480. The fourth-order valence-corrected chi connectivity index (χ4v) is 5.46. The third-order valence-corrected chi connectivity index (χ3v) is 7.26. The number of thioether (sulfide) groups is 1. The third kappa shape index (κ3) is 4.81. The predicted molar refractivity (Wildman–Crippen MR) is 130 cm³/mol. The maximum absolute atomic E-state index is 13.1. The molecule has 0 bridgehead atoms. The van der Waals surface area contributed by atoms with Crippen molar-refractivity contribution in [2.45, 2.75) is 46.1 Å². The number of likely N-dealkylation sites (tertiary alicyclic amines) is 1. The molecule has 1 aromatic rings. The number of aliphatic imine (C=N–C) groups is 1. The number of amidine groups is 1. The molecular formula is C25H31N3O4S. The van der Waals surface area contributed by atoms with Gasteiger partial charge in [-0.2, -0.15) is 0 Å². The lowest BCUT2D eigenvalue weighted by Gasteiger charge is -2.37. The number of hydrogen-bond acceptors (Lipinski definition) is 7. The predicted octanol–water partition coefficient (Wildman–Crippen LogP) is 4.48. The number of piperidine rings is 1. The zero-order valence-corrected chi connectivity index (χ0v) is 20.5. The van der Waals surface area contributed by atoms with Gasteiger partial charge in [-0.1, -0.05) is 30.8 Å². The molecule has 1 fully saturated rings. The minimum Gasteiger partial charge on any atom is -0.497 e. The Morgan fingerprint density at radius 3 is 2.70 bits per heavy atom. The Bertz CT molecular complexity index is 1020. The molecule has 0 unspecified atom stereocenters. The second-order valence-electron chi connectivity index (χ2n) is 8.63. The number of benzene rings is 1. The SMILES string of the molecule is CCOC(=O)C1=C(C)N=C2SC=C(CC(=O)N3CCC(C)CC3)N2[C@H]1c1cccc(OC)c1. The summed E-state index contributed by atoms with van der Waals surface area (Å²) in [6.45, 7) is 7.74. The van der Waals surface area contributed by atoms with E-state index in [0.29, 0.717) is 22.9 Å². The maximum Gasteiger partial charge on any atom is 0.338 e. The van der Waals surface area contributed by atoms with Crippen LogP contribution < -0.4 is 4.74 Å². The van der Waals surface area contributed by atoms with E-state index in [9.17, 15) is 9.59 Å². The molecule has 4 rings (SSSR count). The van der Waals surface area contributed by atoms with Gasteiger partial charge in [0.2, 0.25) is 5.91 Å². The summed E-state index contributed by atoms with van der Waals surface area (Å²) in [4.78, 5) is 34.9. The van der Waals surface area contributed by atoms with E-state index in [4.69, 9.17) is 14.5 Å². The number of nitrogens with zero attached hydrogens (tertiary/aromatic N) is 3. The van der Waals surface area contributed by atoms with Crippen LogP contribution in [0.25, 0.3) is 0 Å². The highest BCUT2D eigenvalue weighted by Crippen LogP contribution is 2.45. The van der Waals surface area contributed by atoms with Crippen LogP contribution in [0.3, 0.4) is 0 Å². The highest BCUT2D eigenvalue weighted by atomic mass is 32.2. The average molecular weight is 470 g/mol. The van der Waals surface area contributed by atoms with E-state index in [-0.39, 0.29) is 18.9 Å². The lowest BCUT2D eigenvalue weighted by atomic mass is 9.93. The van der Waals surface area contributed by atoms with Gasteiger partial charge in [0.1, 0.15) is 5.75 Å². The van der Waals surface area contributed by atoms with Gasteiger partial charge in [0, 0.05) is 18.8 Å². The summed E-state index contributed by atoms with van der Waals surface area (Å²) in [5, 5.41) is 2.75. The Morgan fingerprint density at radius 2 is 2.00 bits per heavy atom. The molecule has 1 amide bonds. The van der Waals surface area contributed by atoms with Gasteiger partial charge >= 0.3 is 5.97 Å². The molecule has 7 nitrogen and oxygen atoms in total. The molecular weight excluding hydrogens is 438 g/mol. The zero-order valence-electron chi connectivity index (χ0n) is 19.7. The summed E-state index contributed by atoms with van der Waals surface area (Å²) in [6.07, 6.45) is 2.35. The Labute approximate surface area is 199 Å². The first-order chi connectivity index (χ1) is 15.9. The monoisotopic (exact) mass is 469 g/mol. The van der Waals surface area contributed by atoms with Crippen LogP contribution in [-0.4, -0.2) is 53.7 Å². The summed E-state index contributed by atoms with van der Waals surface area (Å²) >= 11 is 1.49. The van der Waals surface area contributed by atoms with Crippen molar-refractivity contribution in [2.24, 2.45) is 10.9 Å². The first kappa shape index (κ1) is 23.4. The minimum atomic E-state index is -0.443. The fourth-order valence-electron chi connectivity index (χ4n) is 4.49. The lowest BCUT2D eigenvalue weighted by molar-refractivity contribution is -0.139. The molecule has 0 N–H and O–H groups in total. The van der Waals surface area contributed by atoms with Crippen LogP contribution in [-0.2, 0) is 14.3 Å². The Morgan fingerprint density at radius 1 is 1.24 bits per heavy atom. The highest BCUT2D eigenvalue weighted by molar-refractivity contribution is 8.16. The van der Waals surface area contributed by atoms with E-state index < -0.39 is 12.0 Å². The van der Waals surface area contributed by atoms with Crippen molar-refractivity contribution in [1.82, 2.24) is 9.80 Å². The summed E-state index contributed by atoms with van der Waals surface area (Å²) in [5.41, 5.74) is 2.86. The molecule has 3 aliphatic heterocycles. The topological polar surface area (TPSA) is 71.4 Å². The van der Waals surface area contributed by atoms with Crippen molar-refractivity contribution in [3.8, 4) is 5.75 Å². The molecule has 0 radical (unpaired) electrons. The minimum absolute atomic E-state index is 0.114. The third-order valence-electron chi connectivity index (χ3n) is 6.37. The summed E-state index contributed by atoms with van der Waals surface area (Å²) in [5.74, 6) is 1.09. The van der Waals surface area contributed by atoms with Gasteiger partial charge in [-0.15, -0.1) is 0 Å².